The number of hydrogen-bond acceptors (Lipinski definition) is 2. The van der Waals surface area contributed by atoms with Gasteiger partial charge >= 0.3 is 5.97 Å². The van der Waals surface area contributed by atoms with E-state index < -0.39 is 18.1 Å². The molecule has 0 aliphatic carbocycles. The van der Waals surface area contributed by atoms with Crippen LogP contribution >= 0.6 is 38.5 Å². The molecule has 0 spiro atoms. The van der Waals surface area contributed by atoms with Crippen LogP contribution in [0.2, 0.25) is 0 Å². The zero-order valence-electron chi connectivity index (χ0n) is 7.18. The van der Waals surface area contributed by atoms with Gasteiger partial charge in [-0.25, -0.2) is 13.8 Å². The van der Waals surface area contributed by atoms with Crippen molar-refractivity contribution in [1.29, 1.82) is 0 Å². The highest BCUT2D eigenvalue weighted by molar-refractivity contribution is 14.1. The van der Waals surface area contributed by atoms with Crippen LogP contribution in [0.15, 0.2) is 10.5 Å². The summed E-state index contributed by atoms with van der Waals surface area (Å²) in [6, 6.07) is 1.46. The summed E-state index contributed by atoms with van der Waals surface area (Å²) in [5.74, 6) is -1.10. The minimum atomic E-state index is -2.72. The third-order valence-electron chi connectivity index (χ3n) is 1.53. The van der Waals surface area contributed by atoms with Crippen molar-refractivity contribution in [2.24, 2.45) is 0 Å². The fraction of sp³-hybridized carbons (Fsp3) is 0.250. The molecule has 0 radical (unpaired) electrons. The average molecular weight is 392 g/mol. The summed E-state index contributed by atoms with van der Waals surface area (Å²) in [7, 11) is 0. The summed E-state index contributed by atoms with van der Waals surface area (Å²) in [4.78, 5) is 14.0. The summed E-state index contributed by atoms with van der Waals surface area (Å²) in [6.45, 7) is 0. The first-order chi connectivity index (χ1) is 6.91. The molecule has 0 fully saturated rings. The Balaban J connectivity index is 3.17. The second-order valence-corrected chi connectivity index (χ2v) is 4.62. The number of rotatable bonds is 3. The van der Waals surface area contributed by atoms with Gasteiger partial charge in [0.25, 0.3) is 6.43 Å². The SMILES string of the molecule is O=C(O)Cc1cc(I)c(Br)c(C(F)F)n1. The molecule has 15 heavy (non-hydrogen) atoms. The summed E-state index contributed by atoms with van der Waals surface area (Å²) >= 11 is 4.83. The van der Waals surface area contributed by atoms with Crippen LogP contribution in [-0.4, -0.2) is 16.1 Å². The fourth-order valence-electron chi connectivity index (χ4n) is 0.958. The van der Waals surface area contributed by atoms with Crippen molar-refractivity contribution in [2.45, 2.75) is 12.8 Å². The molecule has 0 saturated heterocycles. The smallest absolute Gasteiger partial charge is 0.309 e. The first-order valence-corrected chi connectivity index (χ1v) is 5.63. The molecule has 1 rings (SSSR count). The first-order valence-electron chi connectivity index (χ1n) is 3.76. The Labute approximate surface area is 106 Å². The highest BCUT2D eigenvalue weighted by Crippen LogP contribution is 2.30. The molecule has 1 aromatic rings. The number of carboxylic acid groups (broad SMARTS) is 1. The third kappa shape index (κ3) is 3.33. The highest BCUT2D eigenvalue weighted by Gasteiger charge is 2.18. The van der Waals surface area contributed by atoms with E-state index in [0.29, 0.717) is 3.57 Å². The van der Waals surface area contributed by atoms with Crippen LogP contribution < -0.4 is 0 Å². The lowest BCUT2D eigenvalue weighted by Crippen LogP contribution is -2.06. The van der Waals surface area contributed by atoms with Gasteiger partial charge in [0, 0.05) is 3.57 Å². The maximum absolute atomic E-state index is 12.5. The molecule has 0 aliphatic heterocycles. The van der Waals surface area contributed by atoms with Gasteiger partial charge in [0.05, 0.1) is 16.6 Å². The van der Waals surface area contributed by atoms with Gasteiger partial charge in [-0.1, -0.05) is 0 Å². The maximum Gasteiger partial charge on any atom is 0.309 e. The number of alkyl halides is 2. The Bertz CT molecular complexity index is 400. The number of carbonyl (C=O) groups is 1. The van der Waals surface area contributed by atoms with Crippen LogP contribution in [0.1, 0.15) is 17.8 Å². The molecule has 1 heterocycles. The number of pyridine rings is 1. The van der Waals surface area contributed by atoms with Crippen LogP contribution in [0.4, 0.5) is 8.78 Å². The number of carboxylic acids is 1. The topological polar surface area (TPSA) is 50.2 Å². The zero-order chi connectivity index (χ0) is 11.6. The standard InChI is InChI=1S/C8H5BrF2INO2/c9-6-4(12)1-3(2-5(14)15)13-7(6)8(10)11/h1,8H,2H2,(H,14,15). The van der Waals surface area contributed by atoms with E-state index in [0.717, 1.165) is 0 Å². The van der Waals surface area contributed by atoms with E-state index in [1.807, 2.05) is 22.6 Å². The number of hydrogen-bond donors (Lipinski definition) is 1. The van der Waals surface area contributed by atoms with Crippen molar-refractivity contribution in [3.8, 4) is 0 Å². The van der Waals surface area contributed by atoms with E-state index in [-0.39, 0.29) is 16.6 Å². The highest BCUT2D eigenvalue weighted by atomic mass is 127. The maximum atomic E-state index is 12.5. The number of aromatic nitrogens is 1. The van der Waals surface area contributed by atoms with Crippen molar-refractivity contribution < 1.29 is 18.7 Å². The third-order valence-corrected chi connectivity index (χ3v) is 3.96. The molecule has 0 atom stereocenters. The molecule has 82 valence electrons. The van der Waals surface area contributed by atoms with Crippen molar-refractivity contribution >= 4 is 44.5 Å². The van der Waals surface area contributed by atoms with Gasteiger partial charge in [-0.3, -0.25) is 4.79 Å². The van der Waals surface area contributed by atoms with Gasteiger partial charge in [-0.2, -0.15) is 0 Å². The molecule has 0 bridgehead atoms. The Morgan fingerprint density at radius 1 is 1.67 bits per heavy atom. The first kappa shape index (κ1) is 12.8. The molecular formula is C8H5BrF2INO2. The van der Waals surface area contributed by atoms with Crippen LogP contribution in [0.3, 0.4) is 0 Å². The number of nitrogens with zero attached hydrogens (tertiary/aromatic N) is 1. The molecule has 0 saturated carbocycles. The minimum Gasteiger partial charge on any atom is -0.481 e. The molecule has 0 amide bonds. The molecule has 0 aliphatic rings. The predicted molar refractivity (Wildman–Crippen MR) is 61.0 cm³/mol. The van der Waals surface area contributed by atoms with E-state index >= 15 is 0 Å². The van der Waals surface area contributed by atoms with Gasteiger partial charge in [-0.15, -0.1) is 0 Å². The number of halogens is 4. The Morgan fingerprint density at radius 3 is 2.73 bits per heavy atom. The van der Waals surface area contributed by atoms with Crippen LogP contribution in [0.5, 0.6) is 0 Å². The van der Waals surface area contributed by atoms with Gasteiger partial charge < -0.3 is 5.11 Å². The Kier molecular flexibility index (Phi) is 4.38. The van der Waals surface area contributed by atoms with Crippen molar-refractivity contribution in [3.05, 3.63) is 25.5 Å². The zero-order valence-corrected chi connectivity index (χ0v) is 10.9. The quantitative estimate of drug-likeness (QED) is 0.806. The molecule has 0 aromatic carbocycles. The fourth-order valence-corrected chi connectivity index (χ4v) is 1.97. The molecular weight excluding hydrogens is 387 g/mol. The Hall–Kier alpha value is -0.310. The van der Waals surface area contributed by atoms with E-state index in [4.69, 9.17) is 5.11 Å². The van der Waals surface area contributed by atoms with E-state index in [2.05, 4.69) is 20.9 Å². The van der Waals surface area contributed by atoms with Crippen LogP contribution in [0, 0.1) is 3.57 Å². The van der Waals surface area contributed by atoms with Crippen molar-refractivity contribution in [1.82, 2.24) is 4.98 Å². The largest absolute Gasteiger partial charge is 0.481 e. The second-order valence-electron chi connectivity index (χ2n) is 2.67. The van der Waals surface area contributed by atoms with E-state index in [1.165, 1.54) is 6.07 Å². The summed E-state index contributed by atoms with van der Waals surface area (Å²) in [6.07, 6.45) is -3.08. The summed E-state index contributed by atoms with van der Waals surface area (Å²) in [5.41, 5.74) is -0.288. The monoisotopic (exact) mass is 391 g/mol. The van der Waals surface area contributed by atoms with E-state index in [9.17, 15) is 13.6 Å². The van der Waals surface area contributed by atoms with Crippen LogP contribution in [-0.2, 0) is 11.2 Å². The average Bonchev–Trinajstić information content (AvgIpc) is 2.09. The van der Waals surface area contributed by atoms with Gasteiger partial charge in [-0.05, 0) is 44.6 Å². The normalized spacial score (nSPS) is 10.7. The van der Waals surface area contributed by atoms with Crippen molar-refractivity contribution in [2.75, 3.05) is 0 Å². The summed E-state index contributed by atoms with van der Waals surface area (Å²) in [5, 5.41) is 8.51. The lowest BCUT2D eigenvalue weighted by Gasteiger charge is -2.07. The lowest BCUT2D eigenvalue weighted by atomic mass is 10.2. The van der Waals surface area contributed by atoms with Gasteiger partial charge in [0.15, 0.2) is 0 Å². The molecule has 0 unspecified atom stereocenters. The molecule has 1 N–H and O–H groups in total. The van der Waals surface area contributed by atoms with Crippen LogP contribution in [0.25, 0.3) is 0 Å². The van der Waals surface area contributed by atoms with Gasteiger partial charge in [0.2, 0.25) is 0 Å². The second kappa shape index (κ2) is 5.15. The summed E-state index contributed by atoms with van der Waals surface area (Å²) < 4.78 is 25.7. The molecule has 3 nitrogen and oxygen atoms in total. The molecule has 7 heteroatoms. The molecule has 1 aromatic heterocycles. The predicted octanol–water partition coefficient (Wildman–Crippen LogP) is 3.01. The lowest BCUT2D eigenvalue weighted by molar-refractivity contribution is -0.136. The van der Waals surface area contributed by atoms with Crippen molar-refractivity contribution in [3.63, 3.8) is 0 Å². The number of aliphatic carboxylic acids is 1. The minimum absolute atomic E-state index is 0.130. The van der Waals surface area contributed by atoms with E-state index in [1.54, 1.807) is 0 Å². The van der Waals surface area contributed by atoms with Gasteiger partial charge in [0.1, 0.15) is 5.69 Å². The Morgan fingerprint density at radius 2 is 2.27 bits per heavy atom.